The van der Waals surface area contributed by atoms with E-state index < -0.39 is 12.1 Å². The Labute approximate surface area is 172 Å². The summed E-state index contributed by atoms with van der Waals surface area (Å²) in [4.78, 5) is 29.9. The quantitative estimate of drug-likeness (QED) is 0.754. The number of carbonyl (C=O) groups excluding carboxylic acids is 2. The molecule has 0 unspecified atom stereocenters. The van der Waals surface area contributed by atoms with Gasteiger partial charge in [0.2, 0.25) is 5.91 Å². The first-order valence-corrected chi connectivity index (χ1v) is 10.7. The zero-order valence-corrected chi connectivity index (χ0v) is 17.1. The van der Waals surface area contributed by atoms with E-state index in [2.05, 4.69) is 10.2 Å². The number of amides is 2. The molecule has 2 aliphatic heterocycles. The second-order valence-corrected chi connectivity index (χ2v) is 8.18. The maximum atomic E-state index is 13.0. The number of nitrogens with zero attached hydrogens (tertiary/aromatic N) is 2. The molecule has 0 bridgehead atoms. The van der Waals surface area contributed by atoms with Crippen molar-refractivity contribution >= 4 is 11.8 Å². The van der Waals surface area contributed by atoms with Crippen LogP contribution in [0.15, 0.2) is 24.3 Å². The number of ether oxygens (including phenoxy) is 2. The monoisotopic (exact) mass is 401 g/mol. The van der Waals surface area contributed by atoms with Gasteiger partial charge in [-0.05, 0) is 56.5 Å². The van der Waals surface area contributed by atoms with E-state index in [1.807, 2.05) is 29.2 Å². The molecule has 7 nitrogen and oxygen atoms in total. The molecule has 0 spiro atoms. The van der Waals surface area contributed by atoms with E-state index in [-0.39, 0.29) is 24.5 Å². The van der Waals surface area contributed by atoms with Crippen LogP contribution in [0.4, 0.5) is 0 Å². The molecule has 2 heterocycles. The number of likely N-dealkylation sites (tertiary alicyclic amines) is 1. The second-order valence-electron chi connectivity index (χ2n) is 8.18. The van der Waals surface area contributed by atoms with E-state index in [0.29, 0.717) is 6.54 Å². The van der Waals surface area contributed by atoms with Gasteiger partial charge in [-0.2, -0.15) is 0 Å². The molecule has 0 radical (unpaired) electrons. The minimum Gasteiger partial charge on any atom is -0.497 e. The SMILES string of the molecule is COc1ccc([C@@H]2[C@@H](C(=O)NCCN3CCCCC3)OCC(=O)N2C2CC2)cc1. The van der Waals surface area contributed by atoms with Crippen molar-refractivity contribution in [2.45, 2.75) is 50.3 Å². The minimum atomic E-state index is -0.692. The van der Waals surface area contributed by atoms with Gasteiger partial charge in [0.1, 0.15) is 12.4 Å². The zero-order chi connectivity index (χ0) is 20.2. The number of carbonyl (C=O) groups is 2. The number of morpholine rings is 1. The summed E-state index contributed by atoms with van der Waals surface area (Å²) in [6.45, 7) is 3.64. The van der Waals surface area contributed by atoms with Crippen LogP contribution in [-0.2, 0) is 14.3 Å². The third-order valence-electron chi connectivity index (χ3n) is 6.09. The Balaban J connectivity index is 1.46. The highest BCUT2D eigenvalue weighted by molar-refractivity contribution is 5.86. The van der Waals surface area contributed by atoms with Crippen LogP contribution in [0.25, 0.3) is 0 Å². The molecular formula is C22H31N3O4. The molecule has 0 aromatic heterocycles. The van der Waals surface area contributed by atoms with Crippen LogP contribution in [0.5, 0.6) is 5.75 Å². The summed E-state index contributed by atoms with van der Waals surface area (Å²) in [5.74, 6) is 0.573. The summed E-state index contributed by atoms with van der Waals surface area (Å²) >= 11 is 0. The van der Waals surface area contributed by atoms with Crippen LogP contribution < -0.4 is 10.1 Å². The van der Waals surface area contributed by atoms with Gasteiger partial charge in [0.05, 0.1) is 13.2 Å². The predicted octanol–water partition coefficient (Wildman–Crippen LogP) is 1.73. The van der Waals surface area contributed by atoms with Crippen molar-refractivity contribution in [3.8, 4) is 5.75 Å². The maximum absolute atomic E-state index is 13.0. The molecule has 4 rings (SSSR count). The number of piperidine rings is 1. The molecule has 7 heteroatoms. The molecule has 1 aliphatic carbocycles. The zero-order valence-electron chi connectivity index (χ0n) is 17.1. The first-order valence-electron chi connectivity index (χ1n) is 10.7. The summed E-state index contributed by atoms with van der Waals surface area (Å²) in [5, 5.41) is 3.05. The Morgan fingerprint density at radius 1 is 1.17 bits per heavy atom. The molecule has 1 N–H and O–H groups in total. The average molecular weight is 402 g/mol. The summed E-state index contributed by atoms with van der Waals surface area (Å²) in [6.07, 6.45) is 5.05. The molecule has 1 aromatic rings. The lowest BCUT2D eigenvalue weighted by Crippen LogP contribution is -2.55. The highest BCUT2D eigenvalue weighted by atomic mass is 16.5. The Bertz CT molecular complexity index is 713. The lowest BCUT2D eigenvalue weighted by atomic mass is 9.96. The van der Waals surface area contributed by atoms with E-state index in [1.54, 1.807) is 7.11 Å². The number of nitrogens with one attached hydrogen (secondary N) is 1. The van der Waals surface area contributed by atoms with Crippen LogP contribution in [0.2, 0.25) is 0 Å². The molecule has 29 heavy (non-hydrogen) atoms. The smallest absolute Gasteiger partial charge is 0.251 e. The summed E-state index contributed by atoms with van der Waals surface area (Å²) in [7, 11) is 1.62. The molecule has 3 fully saturated rings. The van der Waals surface area contributed by atoms with Gasteiger partial charge >= 0.3 is 0 Å². The van der Waals surface area contributed by atoms with E-state index in [0.717, 1.165) is 43.8 Å². The standard InChI is InChI=1S/C22H31N3O4/c1-28-18-9-5-16(6-10-18)20-21(29-15-19(26)25(20)17-7-8-17)22(27)23-11-14-24-12-3-2-4-13-24/h5-6,9-10,17,20-21H,2-4,7-8,11-15H2,1H3,(H,23,27)/t20-,21+/m1/s1. The third kappa shape index (κ3) is 4.73. The maximum Gasteiger partial charge on any atom is 0.251 e. The van der Waals surface area contributed by atoms with Gasteiger partial charge in [0.25, 0.3) is 5.91 Å². The molecule has 2 atom stereocenters. The van der Waals surface area contributed by atoms with Gasteiger partial charge in [-0.1, -0.05) is 18.6 Å². The van der Waals surface area contributed by atoms with Crippen molar-refractivity contribution in [2.24, 2.45) is 0 Å². The topological polar surface area (TPSA) is 71.1 Å². The van der Waals surface area contributed by atoms with Crippen molar-refractivity contribution in [2.75, 3.05) is 39.9 Å². The highest BCUT2D eigenvalue weighted by Crippen LogP contribution is 2.39. The normalized spacial score (nSPS) is 25.7. The number of hydrogen-bond donors (Lipinski definition) is 1. The lowest BCUT2D eigenvalue weighted by Gasteiger charge is -2.41. The molecule has 3 aliphatic rings. The van der Waals surface area contributed by atoms with E-state index >= 15 is 0 Å². The number of hydrogen-bond acceptors (Lipinski definition) is 5. The Morgan fingerprint density at radius 2 is 1.90 bits per heavy atom. The number of benzene rings is 1. The molecular weight excluding hydrogens is 370 g/mol. The van der Waals surface area contributed by atoms with Gasteiger partial charge < -0.3 is 24.6 Å². The predicted molar refractivity (Wildman–Crippen MR) is 109 cm³/mol. The fraction of sp³-hybridized carbons (Fsp3) is 0.636. The van der Waals surface area contributed by atoms with Gasteiger partial charge in [-0.25, -0.2) is 0 Å². The van der Waals surface area contributed by atoms with Crippen molar-refractivity contribution in [3.05, 3.63) is 29.8 Å². The Kier molecular flexibility index (Phi) is 6.35. The van der Waals surface area contributed by atoms with Gasteiger partial charge in [-0.3, -0.25) is 9.59 Å². The molecule has 158 valence electrons. The minimum absolute atomic E-state index is 0.0344. The van der Waals surface area contributed by atoms with E-state index in [9.17, 15) is 9.59 Å². The number of methoxy groups -OCH3 is 1. The highest BCUT2D eigenvalue weighted by Gasteiger charge is 2.47. The first kappa shape index (κ1) is 20.2. The third-order valence-corrected chi connectivity index (χ3v) is 6.09. The molecule has 2 saturated heterocycles. The average Bonchev–Trinajstić information content (AvgIpc) is 3.59. The van der Waals surface area contributed by atoms with Crippen LogP contribution >= 0.6 is 0 Å². The van der Waals surface area contributed by atoms with Crippen molar-refractivity contribution < 1.29 is 19.1 Å². The van der Waals surface area contributed by atoms with Crippen LogP contribution in [-0.4, -0.2) is 73.7 Å². The summed E-state index contributed by atoms with van der Waals surface area (Å²) in [5.41, 5.74) is 0.905. The first-order chi connectivity index (χ1) is 14.2. The van der Waals surface area contributed by atoms with Crippen molar-refractivity contribution in [1.82, 2.24) is 15.1 Å². The molecule has 1 aromatic carbocycles. The summed E-state index contributed by atoms with van der Waals surface area (Å²) in [6, 6.07) is 7.39. The fourth-order valence-electron chi connectivity index (χ4n) is 4.39. The second kappa shape index (κ2) is 9.13. The Morgan fingerprint density at radius 3 is 2.55 bits per heavy atom. The fourth-order valence-corrected chi connectivity index (χ4v) is 4.39. The Hall–Kier alpha value is -2.12. The van der Waals surface area contributed by atoms with Gasteiger partial charge in [0, 0.05) is 19.1 Å². The van der Waals surface area contributed by atoms with E-state index in [4.69, 9.17) is 9.47 Å². The van der Waals surface area contributed by atoms with Gasteiger partial charge in [0.15, 0.2) is 6.10 Å². The number of rotatable bonds is 7. The van der Waals surface area contributed by atoms with Crippen LogP contribution in [0, 0.1) is 0 Å². The lowest BCUT2D eigenvalue weighted by molar-refractivity contribution is -0.165. The summed E-state index contributed by atoms with van der Waals surface area (Å²) < 4.78 is 11.0. The van der Waals surface area contributed by atoms with Crippen molar-refractivity contribution in [1.29, 1.82) is 0 Å². The van der Waals surface area contributed by atoms with Crippen LogP contribution in [0.3, 0.4) is 0 Å². The largest absolute Gasteiger partial charge is 0.497 e. The van der Waals surface area contributed by atoms with Crippen molar-refractivity contribution in [3.63, 3.8) is 0 Å². The van der Waals surface area contributed by atoms with Gasteiger partial charge in [-0.15, -0.1) is 0 Å². The van der Waals surface area contributed by atoms with E-state index in [1.165, 1.54) is 19.3 Å². The molecule has 1 saturated carbocycles. The molecule has 2 amide bonds. The van der Waals surface area contributed by atoms with Crippen LogP contribution in [0.1, 0.15) is 43.7 Å².